The van der Waals surface area contributed by atoms with Crippen molar-refractivity contribution in [3.05, 3.63) is 35.9 Å². The first-order chi connectivity index (χ1) is 12.4. The predicted molar refractivity (Wildman–Crippen MR) is 110 cm³/mol. The van der Waals surface area contributed by atoms with E-state index < -0.39 is 20.0 Å². The van der Waals surface area contributed by atoms with E-state index in [4.69, 9.17) is 9.16 Å². The van der Waals surface area contributed by atoms with Crippen molar-refractivity contribution < 1.29 is 19.1 Å². The number of benzene rings is 1. The SMILES string of the molecule is CC(C)(C)[Si](C)(C)OC[C@H]1N(C(=O)OCc2ccccc2)CCC[C@@]1(C)O. The smallest absolute Gasteiger partial charge is 0.410 e. The number of ether oxygens (including phenoxy) is 1. The summed E-state index contributed by atoms with van der Waals surface area (Å²) in [5.41, 5.74) is -0.0319. The number of amides is 1. The van der Waals surface area contributed by atoms with Crippen molar-refractivity contribution in [3.63, 3.8) is 0 Å². The standard InChI is InChI=1S/C21H35NO4Si/c1-20(2,3)27(5,6)26-16-18-21(4,24)13-10-14-22(18)19(23)25-15-17-11-8-7-9-12-17/h7-9,11-12,18,24H,10,13-16H2,1-6H3/t18-,21-/m1/s1. The molecule has 1 amide bonds. The average molecular weight is 394 g/mol. The maximum Gasteiger partial charge on any atom is 0.410 e. The van der Waals surface area contributed by atoms with E-state index in [0.29, 0.717) is 19.6 Å². The monoisotopic (exact) mass is 393 g/mol. The third-order valence-corrected chi connectivity index (χ3v) is 10.5. The molecule has 1 heterocycles. The van der Waals surface area contributed by atoms with Crippen molar-refractivity contribution in [3.8, 4) is 0 Å². The minimum atomic E-state index is -1.98. The number of hydrogen-bond donors (Lipinski definition) is 1. The molecule has 0 aromatic heterocycles. The van der Waals surface area contributed by atoms with Crippen LogP contribution in [0.15, 0.2) is 30.3 Å². The van der Waals surface area contributed by atoms with E-state index >= 15 is 0 Å². The highest BCUT2D eigenvalue weighted by Gasteiger charge is 2.45. The molecule has 6 heteroatoms. The quantitative estimate of drug-likeness (QED) is 0.745. The fourth-order valence-electron chi connectivity index (χ4n) is 3.06. The number of aliphatic hydroxyl groups is 1. The Kier molecular flexibility index (Phi) is 6.76. The molecule has 1 aromatic carbocycles. The van der Waals surface area contributed by atoms with E-state index in [9.17, 15) is 9.90 Å². The molecule has 27 heavy (non-hydrogen) atoms. The Labute approximate surface area is 164 Å². The highest BCUT2D eigenvalue weighted by atomic mass is 28.4. The first kappa shape index (κ1) is 21.9. The molecule has 0 spiro atoms. The zero-order chi connectivity index (χ0) is 20.3. The zero-order valence-electron chi connectivity index (χ0n) is 17.6. The topological polar surface area (TPSA) is 59.0 Å². The largest absolute Gasteiger partial charge is 0.445 e. The first-order valence-corrected chi connectivity index (χ1v) is 12.7. The second kappa shape index (κ2) is 8.33. The second-order valence-electron chi connectivity index (χ2n) is 9.28. The number of hydrogen-bond acceptors (Lipinski definition) is 4. The Balaban J connectivity index is 2.06. The fourth-order valence-corrected chi connectivity index (χ4v) is 4.07. The molecule has 2 rings (SSSR count). The van der Waals surface area contributed by atoms with Gasteiger partial charge in [-0.05, 0) is 43.5 Å². The maximum absolute atomic E-state index is 12.7. The number of carbonyl (C=O) groups excluding carboxylic acids is 1. The number of piperidine rings is 1. The third-order valence-electron chi connectivity index (χ3n) is 6.02. The summed E-state index contributed by atoms with van der Waals surface area (Å²) in [6, 6.07) is 9.23. The van der Waals surface area contributed by atoms with Crippen molar-refractivity contribution in [2.45, 2.75) is 76.9 Å². The summed E-state index contributed by atoms with van der Waals surface area (Å²) in [6.07, 6.45) is 1.02. The summed E-state index contributed by atoms with van der Waals surface area (Å²) in [4.78, 5) is 14.4. The van der Waals surface area contributed by atoms with Gasteiger partial charge in [0.05, 0.1) is 18.2 Å². The third kappa shape index (κ3) is 5.56. The van der Waals surface area contributed by atoms with Crippen LogP contribution in [0.4, 0.5) is 4.79 Å². The Bertz CT molecular complexity index is 625. The molecule has 0 bridgehead atoms. The lowest BCUT2D eigenvalue weighted by Gasteiger charge is -2.46. The summed E-state index contributed by atoms with van der Waals surface area (Å²) in [6.45, 7) is 13.9. The lowest BCUT2D eigenvalue weighted by molar-refractivity contribution is -0.0781. The fraction of sp³-hybridized carbons (Fsp3) is 0.667. The highest BCUT2D eigenvalue weighted by molar-refractivity contribution is 6.74. The van der Waals surface area contributed by atoms with Crippen LogP contribution in [0.1, 0.15) is 46.1 Å². The molecule has 0 unspecified atom stereocenters. The van der Waals surface area contributed by atoms with Gasteiger partial charge in [0.2, 0.25) is 0 Å². The van der Waals surface area contributed by atoms with Crippen molar-refractivity contribution in [2.75, 3.05) is 13.2 Å². The van der Waals surface area contributed by atoms with Crippen LogP contribution >= 0.6 is 0 Å². The zero-order valence-corrected chi connectivity index (χ0v) is 18.6. The van der Waals surface area contributed by atoms with Gasteiger partial charge in [0.25, 0.3) is 0 Å². The van der Waals surface area contributed by atoms with E-state index in [1.54, 1.807) is 11.8 Å². The van der Waals surface area contributed by atoms with E-state index in [-0.39, 0.29) is 17.7 Å². The van der Waals surface area contributed by atoms with Crippen LogP contribution in [-0.2, 0) is 15.8 Å². The first-order valence-electron chi connectivity index (χ1n) is 9.78. The Hall–Kier alpha value is -1.37. The molecule has 1 saturated heterocycles. The van der Waals surface area contributed by atoms with Gasteiger partial charge in [-0.2, -0.15) is 0 Å². The lowest BCUT2D eigenvalue weighted by Crippen LogP contribution is -2.60. The van der Waals surface area contributed by atoms with Gasteiger partial charge >= 0.3 is 6.09 Å². The number of nitrogens with zero attached hydrogens (tertiary/aromatic N) is 1. The molecule has 1 fully saturated rings. The van der Waals surface area contributed by atoms with Crippen molar-refractivity contribution >= 4 is 14.4 Å². The van der Waals surface area contributed by atoms with Crippen LogP contribution in [-0.4, -0.2) is 49.2 Å². The number of likely N-dealkylation sites (tertiary alicyclic amines) is 1. The number of rotatable bonds is 5. The van der Waals surface area contributed by atoms with Gasteiger partial charge in [-0.25, -0.2) is 4.79 Å². The van der Waals surface area contributed by atoms with Gasteiger partial charge in [0.15, 0.2) is 8.32 Å². The molecule has 0 aliphatic carbocycles. The molecule has 5 nitrogen and oxygen atoms in total. The van der Waals surface area contributed by atoms with Gasteiger partial charge in [-0.15, -0.1) is 0 Å². The Morgan fingerprint density at radius 3 is 2.52 bits per heavy atom. The average Bonchev–Trinajstić information content (AvgIpc) is 2.57. The van der Waals surface area contributed by atoms with Crippen LogP contribution in [0.3, 0.4) is 0 Å². The molecule has 1 aromatic rings. The van der Waals surface area contributed by atoms with Crippen LogP contribution in [0, 0.1) is 0 Å². The summed E-state index contributed by atoms with van der Waals surface area (Å²) < 4.78 is 11.9. The molecule has 0 saturated carbocycles. The van der Waals surface area contributed by atoms with Crippen LogP contribution in [0.5, 0.6) is 0 Å². The van der Waals surface area contributed by atoms with Crippen molar-refractivity contribution in [2.24, 2.45) is 0 Å². The summed E-state index contributed by atoms with van der Waals surface area (Å²) in [7, 11) is -1.98. The maximum atomic E-state index is 12.7. The predicted octanol–water partition coefficient (Wildman–Crippen LogP) is 4.56. The Morgan fingerprint density at radius 2 is 1.93 bits per heavy atom. The summed E-state index contributed by atoms with van der Waals surface area (Å²) in [5.74, 6) is 0. The van der Waals surface area contributed by atoms with Crippen LogP contribution < -0.4 is 0 Å². The lowest BCUT2D eigenvalue weighted by atomic mass is 9.87. The Morgan fingerprint density at radius 1 is 1.30 bits per heavy atom. The molecule has 1 aliphatic rings. The normalized spacial score (nSPS) is 24.0. The summed E-state index contributed by atoms with van der Waals surface area (Å²) in [5, 5.41) is 11.0. The van der Waals surface area contributed by atoms with E-state index in [2.05, 4.69) is 33.9 Å². The number of carbonyl (C=O) groups is 1. The van der Waals surface area contributed by atoms with Gasteiger partial charge in [-0.1, -0.05) is 51.1 Å². The molecule has 0 radical (unpaired) electrons. The minimum Gasteiger partial charge on any atom is -0.445 e. The molecule has 2 atom stereocenters. The summed E-state index contributed by atoms with van der Waals surface area (Å²) >= 11 is 0. The molecular weight excluding hydrogens is 358 g/mol. The van der Waals surface area contributed by atoms with Gasteiger partial charge < -0.3 is 19.2 Å². The molecular formula is C21H35NO4Si. The van der Waals surface area contributed by atoms with E-state index in [0.717, 1.165) is 12.0 Å². The molecule has 1 aliphatic heterocycles. The second-order valence-corrected chi connectivity index (χ2v) is 14.1. The van der Waals surface area contributed by atoms with E-state index in [1.165, 1.54) is 0 Å². The van der Waals surface area contributed by atoms with Crippen molar-refractivity contribution in [1.82, 2.24) is 4.90 Å². The van der Waals surface area contributed by atoms with Gasteiger partial charge in [-0.3, -0.25) is 0 Å². The van der Waals surface area contributed by atoms with Crippen LogP contribution in [0.25, 0.3) is 0 Å². The van der Waals surface area contributed by atoms with Crippen molar-refractivity contribution in [1.29, 1.82) is 0 Å². The van der Waals surface area contributed by atoms with E-state index in [1.807, 2.05) is 30.3 Å². The highest BCUT2D eigenvalue weighted by Crippen LogP contribution is 2.38. The van der Waals surface area contributed by atoms with Crippen LogP contribution in [0.2, 0.25) is 18.1 Å². The molecule has 152 valence electrons. The minimum absolute atomic E-state index is 0.0756. The van der Waals surface area contributed by atoms with Gasteiger partial charge in [0, 0.05) is 6.54 Å². The van der Waals surface area contributed by atoms with Gasteiger partial charge in [0.1, 0.15) is 6.61 Å². The molecule has 1 N–H and O–H groups in total.